The number of aryl methyl sites for hydroxylation is 1. The predicted molar refractivity (Wildman–Crippen MR) is 81.9 cm³/mol. The van der Waals surface area contributed by atoms with Gasteiger partial charge < -0.3 is 5.32 Å². The third-order valence-corrected chi connectivity index (χ3v) is 4.23. The molecule has 1 amide bonds. The summed E-state index contributed by atoms with van der Waals surface area (Å²) in [6.45, 7) is 3.89. The van der Waals surface area contributed by atoms with E-state index in [0.29, 0.717) is 24.8 Å². The van der Waals surface area contributed by atoms with Gasteiger partial charge in [-0.05, 0) is 38.8 Å². The summed E-state index contributed by atoms with van der Waals surface area (Å²) >= 11 is 0. The molecule has 1 heterocycles. The van der Waals surface area contributed by atoms with Crippen molar-refractivity contribution in [1.82, 2.24) is 15.5 Å². The number of carbonyl (C=O) groups excluding carboxylic acids is 1. The van der Waals surface area contributed by atoms with Gasteiger partial charge in [0.15, 0.2) is 0 Å². The van der Waals surface area contributed by atoms with Crippen LogP contribution in [0, 0.1) is 12.7 Å². The molecule has 5 heteroatoms. The van der Waals surface area contributed by atoms with E-state index in [-0.39, 0.29) is 17.8 Å². The molecule has 1 atom stereocenters. The van der Waals surface area contributed by atoms with Crippen LogP contribution in [0.2, 0.25) is 0 Å². The molecule has 1 aromatic carbocycles. The average Bonchev–Trinajstić information content (AvgIpc) is 3.18. The van der Waals surface area contributed by atoms with Gasteiger partial charge in [-0.2, -0.15) is 5.10 Å². The van der Waals surface area contributed by atoms with Crippen LogP contribution >= 0.6 is 0 Å². The average molecular weight is 301 g/mol. The molecule has 1 fully saturated rings. The van der Waals surface area contributed by atoms with Gasteiger partial charge in [0, 0.05) is 23.7 Å². The number of hydrogen-bond acceptors (Lipinski definition) is 2. The van der Waals surface area contributed by atoms with Crippen molar-refractivity contribution in [3.8, 4) is 0 Å². The molecule has 2 aromatic rings. The Morgan fingerprint density at radius 2 is 2.18 bits per heavy atom. The van der Waals surface area contributed by atoms with Crippen LogP contribution in [0.1, 0.15) is 36.7 Å². The first-order valence-corrected chi connectivity index (χ1v) is 7.58. The summed E-state index contributed by atoms with van der Waals surface area (Å²) in [4.78, 5) is 12.6. The largest absolute Gasteiger partial charge is 0.352 e. The molecule has 116 valence electrons. The van der Waals surface area contributed by atoms with E-state index in [1.807, 2.05) is 19.9 Å². The summed E-state index contributed by atoms with van der Waals surface area (Å²) in [7, 11) is 0. The standard InChI is InChI=1S/C17H20FN3O/c1-11(9-13-10-12(2)20-21-13)19-16(22)17(7-8-17)14-5-3-4-6-15(14)18/h3-6,10-11H,7-9H2,1-2H3,(H,19,22)(H,20,21). The van der Waals surface area contributed by atoms with E-state index >= 15 is 0 Å². The molecule has 22 heavy (non-hydrogen) atoms. The Balaban J connectivity index is 1.68. The van der Waals surface area contributed by atoms with Crippen LogP contribution in [0.4, 0.5) is 4.39 Å². The summed E-state index contributed by atoms with van der Waals surface area (Å²) in [5.41, 5.74) is 1.75. The van der Waals surface area contributed by atoms with Gasteiger partial charge in [0.25, 0.3) is 0 Å². The molecule has 0 radical (unpaired) electrons. The van der Waals surface area contributed by atoms with E-state index in [0.717, 1.165) is 11.4 Å². The zero-order valence-electron chi connectivity index (χ0n) is 12.8. The Morgan fingerprint density at radius 3 is 2.77 bits per heavy atom. The topological polar surface area (TPSA) is 57.8 Å². The van der Waals surface area contributed by atoms with E-state index in [2.05, 4.69) is 15.5 Å². The summed E-state index contributed by atoms with van der Waals surface area (Å²) in [6.07, 6.45) is 2.06. The van der Waals surface area contributed by atoms with Crippen LogP contribution in [0.15, 0.2) is 30.3 Å². The molecule has 0 saturated heterocycles. The lowest BCUT2D eigenvalue weighted by molar-refractivity contribution is -0.124. The molecule has 1 unspecified atom stereocenters. The van der Waals surface area contributed by atoms with E-state index in [1.165, 1.54) is 6.07 Å². The molecule has 3 rings (SSSR count). The maximum atomic E-state index is 14.0. The van der Waals surface area contributed by atoms with Crippen LogP contribution < -0.4 is 5.32 Å². The number of halogens is 1. The Kier molecular flexibility index (Phi) is 3.72. The lowest BCUT2D eigenvalue weighted by Gasteiger charge is -2.20. The minimum Gasteiger partial charge on any atom is -0.352 e. The Bertz CT molecular complexity index is 691. The predicted octanol–water partition coefficient (Wildman–Crippen LogP) is 2.64. The van der Waals surface area contributed by atoms with Gasteiger partial charge in [-0.15, -0.1) is 0 Å². The monoisotopic (exact) mass is 301 g/mol. The maximum absolute atomic E-state index is 14.0. The fourth-order valence-corrected chi connectivity index (χ4v) is 2.90. The molecular formula is C17H20FN3O. The molecule has 1 saturated carbocycles. The minimum absolute atomic E-state index is 0.0422. The normalized spacial score (nSPS) is 17.0. The van der Waals surface area contributed by atoms with E-state index in [9.17, 15) is 9.18 Å². The van der Waals surface area contributed by atoms with Crippen molar-refractivity contribution in [3.63, 3.8) is 0 Å². The highest BCUT2D eigenvalue weighted by Gasteiger charge is 2.52. The molecule has 0 aliphatic heterocycles. The number of hydrogen-bond donors (Lipinski definition) is 2. The number of amides is 1. The molecule has 0 bridgehead atoms. The van der Waals surface area contributed by atoms with E-state index < -0.39 is 5.41 Å². The van der Waals surface area contributed by atoms with Gasteiger partial charge in [-0.25, -0.2) is 4.39 Å². The van der Waals surface area contributed by atoms with Gasteiger partial charge in [-0.3, -0.25) is 9.89 Å². The van der Waals surface area contributed by atoms with Crippen molar-refractivity contribution in [3.05, 3.63) is 53.1 Å². The highest BCUT2D eigenvalue weighted by atomic mass is 19.1. The van der Waals surface area contributed by atoms with Crippen LogP contribution in [0.3, 0.4) is 0 Å². The smallest absolute Gasteiger partial charge is 0.230 e. The van der Waals surface area contributed by atoms with Crippen molar-refractivity contribution in [2.45, 2.75) is 44.6 Å². The molecule has 1 aliphatic rings. The zero-order valence-corrected chi connectivity index (χ0v) is 12.8. The van der Waals surface area contributed by atoms with Crippen LogP contribution in [-0.2, 0) is 16.6 Å². The molecular weight excluding hydrogens is 281 g/mol. The van der Waals surface area contributed by atoms with Crippen molar-refractivity contribution in [2.75, 3.05) is 0 Å². The third kappa shape index (κ3) is 2.75. The Hall–Kier alpha value is -2.17. The quantitative estimate of drug-likeness (QED) is 0.892. The van der Waals surface area contributed by atoms with Crippen LogP contribution in [0.25, 0.3) is 0 Å². The first kappa shape index (κ1) is 14.8. The number of H-pyrrole nitrogens is 1. The number of nitrogens with zero attached hydrogens (tertiary/aromatic N) is 1. The number of nitrogens with one attached hydrogen (secondary N) is 2. The first-order valence-electron chi connectivity index (χ1n) is 7.58. The SMILES string of the molecule is Cc1cc(CC(C)NC(=O)C2(c3ccccc3F)CC2)n[nH]1. The van der Waals surface area contributed by atoms with Crippen molar-refractivity contribution in [2.24, 2.45) is 0 Å². The fourth-order valence-electron chi connectivity index (χ4n) is 2.90. The van der Waals surface area contributed by atoms with Crippen LogP contribution in [0.5, 0.6) is 0 Å². The number of rotatable bonds is 5. The number of aromatic amines is 1. The summed E-state index contributed by atoms with van der Waals surface area (Å²) in [5.74, 6) is -0.386. The van der Waals surface area contributed by atoms with E-state index in [1.54, 1.807) is 18.2 Å². The van der Waals surface area contributed by atoms with Gasteiger partial charge in [0.2, 0.25) is 5.91 Å². The van der Waals surface area contributed by atoms with Crippen LogP contribution in [-0.4, -0.2) is 22.1 Å². The van der Waals surface area contributed by atoms with Gasteiger partial charge in [-0.1, -0.05) is 18.2 Å². The maximum Gasteiger partial charge on any atom is 0.230 e. The highest BCUT2D eigenvalue weighted by molar-refractivity contribution is 5.91. The van der Waals surface area contributed by atoms with E-state index in [4.69, 9.17) is 0 Å². The van der Waals surface area contributed by atoms with Gasteiger partial charge >= 0.3 is 0 Å². The first-order chi connectivity index (χ1) is 10.5. The summed E-state index contributed by atoms with van der Waals surface area (Å²) in [6, 6.07) is 8.48. The Morgan fingerprint density at radius 1 is 1.45 bits per heavy atom. The van der Waals surface area contributed by atoms with Gasteiger partial charge in [0.1, 0.15) is 5.82 Å². The summed E-state index contributed by atoms with van der Waals surface area (Å²) < 4.78 is 14.0. The second kappa shape index (κ2) is 5.55. The Labute approximate surface area is 129 Å². The molecule has 2 N–H and O–H groups in total. The molecule has 4 nitrogen and oxygen atoms in total. The molecule has 1 aliphatic carbocycles. The fraction of sp³-hybridized carbons (Fsp3) is 0.412. The lowest BCUT2D eigenvalue weighted by atomic mass is 9.94. The third-order valence-electron chi connectivity index (χ3n) is 4.23. The minimum atomic E-state index is -0.679. The molecule has 0 spiro atoms. The molecule has 1 aromatic heterocycles. The second-order valence-corrected chi connectivity index (χ2v) is 6.18. The summed E-state index contributed by atoms with van der Waals surface area (Å²) in [5, 5.41) is 10.1. The van der Waals surface area contributed by atoms with Crippen molar-refractivity contribution < 1.29 is 9.18 Å². The lowest BCUT2D eigenvalue weighted by Crippen LogP contribution is -2.41. The number of carbonyl (C=O) groups is 1. The van der Waals surface area contributed by atoms with Gasteiger partial charge in [0.05, 0.1) is 11.1 Å². The van der Waals surface area contributed by atoms with Crippen molar-refractivity contribution >= 4 is 5.91 Å². The van der Waals surface area contributed by atoms with Crippen molar-refractivity contribution in [1.29, 1.82) is 0 Å². The zero-order chi connectivity index (χ0) is 15.7. The second-order valence-electron chi connectivity index (χ2n) is 6.18. The number of benzene rings is 1. The highest BCUT2D eigenvalue weighted by Crippen LogP contribution is 2.49. The number of aromatic nitrogens is 2.